The van der Waals surface area contributed by atoms with Crippen LogP contribution in [0.3, 0.4) is 0 Å². The number of anilines is 1. The Bertz CT molecular complexity index is 726. The van der Waals surface area contributed by atoms with Crippen LogP contribution < -0.4 is 10.1 Å². The highest BCUT2D eigenvalue weighted by molar-refractivity contribution is 5.62. The summed E-state index contributed by atoms with van der Waals surface area (Å²) in [5, 5.41) is 3.07. The van der Waals surface area contributed by atoms with E-state index in [0.29, 0.717) is 24.4 Å². The van der Waals surface area contributed by atoms with E-state index in [-0.39, 0.29) is 24.6 Å². The number of benzene rings is 1. The topological polar surface area (TPSA) is 47.0 Å². The molecule has 0 unspecified atom stereocenters. The molecular formula is C18H18F5N3O. The van der Waals surface area contributed by atoms with Crippen molar-refractivity contribution in [3.8, 4) is 16.9 Å². The van der Waals surface area contributed by atoms with Gasteiger partial charge in [0, 0.05) is 24.0 Å². The highest BCUT2D eigenvalue weighted by Crippen LogP contribution is 2.38. The van der Waals surface area contributed by atoms with E-state index in [0.717, 1.165) is 5.56 Å². The maximum absolute atomic E-state index is 12.7. The van der Waals surface area contributed by atoms with Gasteiger partial charge in [-0.1, -0.05) is 12.1 Å². The molecule has 1 saturated carbocycles. The molecule has 1 aromatic carbocycles. The minimum atomic E-state index is -4.13. The van der Waals surface area contributed by atoms with E-state index in [1.807, 2.05) is 0 Å². The van der Waals surface area contributed by atoms with Gasteiger partial charge in [0.05, 0.1) is 5.92 Å². The predicted molar refractivity (Wildman–Crippen MR) is 89.5 cm³/mol. The minimum absolute atomic E-state index is 0.0578. The van der Waals surface area contributed by atoms with Gasteiger partial charge in [-0.3, -0.25) is 0 Å². The van der Waals surface area contributed by atoms with Crippen molar-refractivity contribution in [3.05, 3.63) is 36.7 Å². The SMILES string of the molecule is FC(F)Oc1ccc(-c2cnc(NC3CCC(C(F)(F)F)CC3)nc2)cc1. The second-order valence-electron chi connectivity index (χ2n) is 6.43. The van der Waals surface area contributed by atoms with Crippen LogP contribution in [0.5, 0.6) is 5.75 Å². The van der Waals surface area contributed by atoms with Crippen molar-refractivity contribution < 1.29 is 26.7 Å². The Balaban J connectivity index is 1.56. The normalized spacial score (nSPS) is 20.5. The molecule has 9 heteroatoms. The first-order valence-electron chi connectivity index (χ1n) is 8.52. The summed E-state index contributed by atoms with van der Waals surface area (Å²) in [5.41, 5.74) is 1.42. The number of ether oxygens (including phenoxy) is 1. The van der Waals surface area contributed by atoms with E-state index < -0.39 is 18.7 Å². The molecule has 146 valence electrons. The van der Waals surface area contributed by atoms with Gasteiger partial charge in [-0.15, -0.1) is 0 Å². The minimum Gasteiger partial charge on any atom is -0.435 e. The zero-order valence-corrected chi connectivity index (χ0v) is 14.2. The average molecular weight is 387 g/mol. The van der Waals surface area contributed by atoms with E-state index >= 15 is 0 Å². The fraction of sp³-hybridized carbons (Fsp3) is 0.444. The maximum Gasteiger partial charge on any atom is 0.391 e. The summed E-state index contributed by atoms with van der Waals surface area (Å²) in [7, 11) is 0. The van der Waals surface area contributed by atoms with Crippen LogP contribution in [0.2, 0.25) is 0 Å². The predicted octanol–water partition coefficient (Wildman–Crippen LogP) is 5.28. The van der Waals surface area contributed by atoms with Crippen molar-refractivity contribution in [1.29, 1.82) is 0 Å². The van der Waals surface area contributed by atoms with Crippen molar-refractivity contribution in [2.24, 2.45) is 5.92 Å². The van der Waals surface area contributed by atoms with E-state index in [2.05, 4.69) is 20.0 Å². The summed E-state index contributed by atoms with van der Waals surface area (Å²) in [6.07, 6.45) is 0.0542. The Morgan fingerprint density at radius 1 is 0.926 bits per heavy atom. The summed E-state index contributed by atoms with van der Waals surface area (Å²) in [6, 6.07) is 5.99. The molecule has 4 nitrogen and oxygen atoms in total. The molecular weight excluding hydrogens is 369 g/mol. The molecule has 1 N–H and O–H groups in total. The van der Waals surface area contributed by atoms with Crippen LogP contribution in [0.25, 0.3) is 11.1 Å². The molecule has 0 atom stereocenters. The average Bonchev–Trinajstić information content (AvgIpc) is 2.62. The maximum atomic E-state index is 12.7. The van der Waals surface area contributed by atoms with Gasteiger partial charge >= 0.3 is 12.8 Å². The van der Waals surface area contributed by atoms with Gasteiger partial charge in [0.25, 0.3) is 0 Å². The first kappa shape index (κ1) is 19.3. The van der Waals surface area contributed by atoms with Gasteiger partial charge in [-0.2, -0.15) is 22.0 Å². The fourth-order valence-corrected chi connectivity index (χ4v) is 3.13. The summed E-state index contributed by atoms with van der Waals surface area (Å²) in [4.78, 5) is 8.38. The largest absolute Gasteiger partial charge is 0.435 e. The lowest BCUT2D eigenvalue weighted by atomic mass is 9.86. The number of rotatable bonds is 5. The Labute approximate surface area is 152 Å². The number of nitrogens with one attached hydrogen (secondary N) is 1. The number of hydrogen-bond donors (Lipinski definition) is 1. The molecule has 1 aromatic heterocycles. The second-order valence-corrected chi connectivity index (χ2v) is 6.43. The molecule has 0 amide bonds. The van der Waals surface area contributed by atoms with Crippen LogP contribution in [0.4, 0.5) is 27.9 Å². The standard InChI is InChI=1S/C18H18F5N3O/c19-16(20)27-15-7-1-11(2-8-15)12-9-24-17(25-10-12)26-14-5-3-13(4-6-14)18(21,22)23/h1-2,7-10,13-14,16H,3-6H2,(H,24,25,26). The van der Waals surface area contributed by atoms with E-state index in [9.17, 15) is 22.0 Å². The first-order valence-corrected chi connectivity index (χ1v) is 8.52. The van der Waals surface area contributed by atoms with Crippen LogP contribution >= 0.6 is 0 Å². The molecule has 1 fully saturated rings. The lowest BCUT2D eigenvalue weighted by Crippen LogP contribution is -2.33. The molecule has 1 heterocycles. The summed E-state index contributed by atoms with van der Waals surface area (Å²) < 4.78 is 66.7. The highest BCUT2D eigenvalue weighted by atomic mass is 19.4. The molecule has 1 aliphatic carbocycles. The Hall–Kier alpha value is -2.45. The first-order chi connectivity index (χ1) is 12.8. The smallest absolute Gasteiger partial charge is 0.391 e. The van der Waals surface area contributed by atoms with Crippen LogP contribution in [-0.2, 0) is 0 Å². The van der Waals surface area contributed by atoms with Crippen LogP contribution in [0.1, 0.15) is 25.7 Å². The van der Waals surface area contributed by atoms with Crippen molar-refractivity contribution in [3.63, 3.8) is 0 Å². The highest BCUT2D eigenvalue weighted by Gasteiger charge is 2.41. The molecule has 27 heavy (non-hydrogen) atoms. The van der Waals surface area contributed by atoms with Gasteiger partial charge in [-0.25, -0.2) is 9.97 Å². The molecule has 3 rings (SSSR count). The quantitative estimate of drug-likeness (QED) is 0.710. The summed E-state index contributed by atoms with van der Waals surface area (Å²) in [5.74, 6) is -0.815. The third-order valence-corrected chi connectivity index (χ3v) is 4.59. The molecule has 0 spiro atoms. The molecule has 2 aromatic rings. The lowest BCUT2D eigenvalue weighted by molar-refractivity contribution is -0.182. The fourth-order valence-electron chi connectivity index (χ4n) is 3.13. The lowest BCUT2D eigenvalue weighted by Gasteiger charge is -2.30. The van der Waals surface area contributed by atoms with Gasteiger partial charge in [0.2, 0.25) is 5.95 Å². The van der Waals surface area contributed by atoms with E-state index in [1.165, 1.54) is 12.1 Å². The van der Waals surface area contributed by atoms with Crippen LogP contribution in [0.15, 0.2) is 36.7 Å². The summed E-state index contributed by atoms with van der Waals surface area (Å²) in [6.45, 7) is -2.88. The van der Waals surface area contributed by atoms with Gasteiger partial charge in [-0.05, 0) is 43.4 Å². The number of halogens is 5. The third kappa shape index (κ3) is 5.27. The molecule has 0 radical (unpaired) electrons. The zero-order valence-electron chi connectivity index (χ0n) is 14.2. The van der Waals surface area contributed by atoms with Gasteiger partial charge in [0.15, 0.2) is 0 Å². The Morgan fingerprint density at radius 2 is 1.52 bits per heavy atom. The Morgan fingerprint density at radius 3 is 2.04 bits per heavy atom. The van der Waals surface area contributed by atoms with Crippen molar-refractivity contribution >= 4 is 5.95 Å². The Kier molecular flexibility index (Phi) is 5.76. The molecule has 1 aliphatic rings. The number of aromatic nitrogens is 2. The van der Waals surface area contributed by atoms with Crippen molar-refractivity contribution in [2.45, 2.75) is 44.5 Å². The van der Waals surface area contributed by atoms with Crippen molar-refractivity contribution in [1.82, 2.24) is 9.97 Å². The monoisotopic (exact) mass is 387 g/mol. The third-order valence-electron chi connectivity index (χ3n) is 4.59. The van der Waals surface area contributed by atoms with E-state index in [4.69, 9.17) is 0 Å². The van der Waals surface area contributed by atoms with Gasteiger partial charge < -0.3 is 10.1 Å². The van der Waals surface area contributed by atoms with Crippen LogP contribution in [0, 0.1) is 5.92 Å². The van der Waals surface area contributed by atoms with E-state index in [1.54, 1.807) is 24.5 Å². The van der Waals surface area contributed by atoms with Gasteiger partial charge in [0.1, 0.15) is 5.75 Å². The number of alkyl halides is 5. The summed E-state index contributed by atoms with van der Waals surface area (Å²) >= 11 is 0. The molecule has 0 saturated heterocycles. The second kappa shape index (κ2) is 8.06. The molecule has 0 aliphatic heterocycles. The zero-order chi connectivity index (χ0) is 19.4. The number of hydrogen-bond acceptors (Lipinski definition) is 4. The molecule has 0 bridgehead atoms. The van der Waals surface area contributed by atoms with Crippen molar-refractivity contribution in [2.75, 3.05) is 5.32 Å². The van der Waals surface area contributed by atoms with Crippen LogP contribution in [-0.4, -0.2) is 28.8 Å². The number of nitrogens with zero attached hydrogens (tertiary/aromatic N) is 2.